The lowest BCUT2D eigenvalue weighted by atomic mass is 10.1. The second-order valence-electron chi connectivity index (χ2n) is 4.06. The van der Waals surface area contributed by atoms with Gasteiger partial charge in [0.1, 0.15) is 0 Å². The first kappa shape index (κ1) is 13.0. The van der Waals surface area contributed by atoms with Crippen molar-refractivity contribution in [1.82, 2.24) is 5.32 Å². The number of nitrogen functional groups attached to an aromatic ring is 1. The van der Waals surface area contributed by atoms with E-state index in [9.17, 15) is 9.59 Å². The molecule has 0 aliphatic rings. The van der Waals surface area contributed by atoms with Crippen LogP contribution in [0.3, 0.4) is 0 Å². The summed E-state index contributed by atoms with van der Waals surface area (Å²) in [6.07, 6.45) is 0.386. The highest BCUT2D eigenvalue weighted by molar-refractivity contribution is 5.80. The van der Waals surface area contributed by atoms with Gasteiger partial charge in [0.25, 0.3) is 0 Å². The van der Waals surface area contributed by atoms with E-state index in [2.05, 4.69) is 5.32 Å². The summed E-state index contributed by atoms with van der Waals surface area (Å²) in [7, 11) is 0. The predicted molar refractivity (Wildman–Crippen MR) is 66.0 cm³/mol. The number of carbonyl (C=O) groups excluding carboxylic acids is 2. The lowest BCUT2D eigenvalue weighted by Gasteiger charge is -2.12. The molecule has 5 heteroatoms. The van der Waals surface area contributed by atoms with Crippen LogP contribution in [0.5, 0.6) is 0 Å². The molecule has 0 radical (unpaired) electrons. The van der Waals surface area contributed by atoms with Gasteiger partial charge >= 0.3 is 0 Å². The van der Waals surface area contributed by atoms with E-state index in [4.69, 9.17) is 11.5 Å². The van der Waals surface area contributed by atoms with Crippen LogP contribution < -0.4 is 16.8 Å². The Labute approximate surface area is 100 Å². The molecule has 5 N–H and O–H groups in total. The standard InChI is InChI=1S/C12H17N3O2/c1-8(5-11(14)16)15-12(17)7-9-3-2-4-10(13)6-9/h2-4,6,8H,5,7,13H2,1H3,(H2,14,16)(H,15,17). The van der Waals surface area contributed by atoms with Gasteiger partial charge in [0.15, 0.2) is 0 Å². The van der Waals surface area contributed by atoms with Crippen molar-refractivity contribution in [3.8, 4) is 0 Å². The number of primary amides is 1. The number of benzene rings is 1. The molecule has 1 rings (SSSR count). The van der Waals surface area contributed by atoms with E-state index in [1.165, 1.54) is 0 Å². The van der Waals surface area contributed by atoms with Crippen LogP contribution in [-0.2, 0) is 16.0 Å². The Morgan fingerprint density at radius 2 is 2.12 bits per heavy atom. The third-order valence-electron chi connectivity index (χ3n) is 2.23. The summed E-state index contributed by atoms with van der Waals surface area (Å²) in [5, 5.41) is 2.70. The van der Waals surface area contributed by atoms with Crippen LogP contribution in [-0.4, -0.2) is 17.9 Å². The van der Waals surface area contributed by atoms with Crippen LogP contribution in [0.4, 0.5) is 5.69 Å². The van der Waals surface area contributed by atoms with Crippen LogP contribution in [0.15, 0.2) is 24.3 Å². The molecule has 0 heterocycles. The lowest BCUT2D eigenvalue weighted by molar-refractivity contribution is -0.121. The number of carbonyl (C=O) groups is 2. The van der Waals surface area contributed by atoms with Crippen LogP contribution >= 0.6 is 0 Å². The molecule has 1 atom stereocenters. The van der Waals surface area contributed by atoms with Gasteiger partial charge in [-0.15, -0.1) is 0 Å². The Hall–Kier alpha value is -2.04. The molecular formula is C12H17N3O2. The predicted octanol–water partition coefficient (Wildman–Crippen LogP) is 0.191. The summed E-state index contributed by atoms with van der Waals surface area (Å²) >= 11 is 0. The van der Waals surface area contributed by atoms with Crippen LogP contribution in [0, 0.1) is 0 Å². The quantitative estimate of drug-likeness (QED) is 0.635. The Morgan fingerprint density at radius 1 is 1.41 bits per heavy atom. The zero-order valence-electron chi connectivity index (χ0n) is 9.77. The minimum Gasteiger partial charge on any atom is -0.399 e. The maximum absolute atomic E-state index is 11.6. The minimum atomic E-state index is -0.429. The van der Waals surface area contributed by atoms with Crippen molar-refractivity contribution in [3.63, 3.8) is 0 Å². The Balaban J connectivity index is 2.47. The molecule has 1 unspecified atom stereocenters. The summed E-state index contributed by atoms with van der Waals surface area (Å²) in [4.78, 5) is 22.3. The fourth-order valence-corrected chi connectivity index (χ4v) is 1.57. The van der Waals surface area contributed by atoms with Gasteiger partial charge in [-0.2, -0.15) is 0 Å². The summed E-state index contributed by atoms with van der Waals surface area (Å²) in [6.45, 7) is 1.74. The monoisotopic (exact) mass is 235 g/mol. The molecule has 0 aromatic heterocycles. The van der Waals surface area contributed by atoms with E-state index in [-0.39, 0.29) is 24.8 Å². The molecule has 1 aromatic carbocycles. The number of anilines is 1. The molecule has 0 aliphatic carbocycles. The third-order valence-corrected chi connectivity index (χ3v) is 2.23. The molecule has 0 bridgehead atoms. The fraction of sp³-hybridized carbons (Fsp3) is 0.333. The zero-order valence-corrected chi connectivity index (χ0v) is 9.77. The summed E-state index contributed by atoms with van der Waals surface area (Å²) in [6, 6.07) is 6.88. The SMILES string of the molecule is CC(CC(N)=O)NC(=O)Cc1cccc(N)c1. The van der Waals surface area contributed by atoms with Gasteiger partial charge < -0.3 is 16.8 Å². The van der Waals surface area contributed by atoms with E-state index in [1.54, 1.807) is 25.1 Å². The Bertz CT molecular complexity index is 418. The molecule has 0 saturated carbocycles. The Morgan fingerprint density at radius 3 is 2.71 bits per heavy atom. The van der Waals surface area contributed by atoms with E-state index in [0.717, 1.165) is 5.56 Å². The van der Waals surface area contributed by atoms with Gasteiger partial charge in [-0.1, -0.05) is 12.1 Å². The molecule has 0 saturated heterocycles. The summed E-state index contributed by atoms with van der Waals surface area (Å²) in [5.74, 6) is -0.578. The van der Waals surface area contributed by atoms with Gasteiger partial charge in [-0.25, -0.2) is 0 Å². The molecule has 92 valence electrons. The number of nitrogens with two attached hydrogens (primary N) is 2. The molecule has 2 amide bonds. The van der Waals surface area contributed by atoms with Crippen molar-refractivity contribution < 1.29 is 9.59 Å². The van der Waals surface area contributed by atoms with Gasteiger partial charge in [0.2, 0.25) is 11.8 Å². The number of rotatable bonds is 5. The van der Waals surface area contributed by atoms with Gasteiger partial charge in [0.05, 0.1) is 6.42 Å². The lowest BCUT2D eigenvalue weighted by Crippen LogP contribution is -2.36. The van der Waals surface area contributed by atoms with Crippen molar-refractivity contribution in [2.45, 2.75) is 25.8 Å². The molecule has 0 aliphatic heterocycles. The van der Waals surface area contributed by atoms with E-state index < -0.39 is 5.91 Å². The third kappa shape index (κ3) is 5.01. The van der Waals surface area contributed by atoms with Gasteiger partial charge in [-0.3, -0.25) is 9.59 Å². The molecule has 0 spiro atoms. The minimum absolute atomic E-state index is 0.142. The first-order valence-corrected chi connectivity index (χ1v) is 5.39. The highest BCUT2D eigenvalue weighted by Crippen LogP contribution is 2.07. The van der Waals surface area contributed by atoms with Crippen molar-refractivity contribution in [3.05, 3.63) is 29.8 Å². The first-order chi connectivity index (χ1) is 7.97. The smallest absolute Gasteiger partial charge is 0.224 e. The molecular weight excluding hydrogens is 218 g/mol. The number of hydrogen-bond acceptors (Lipinski definition) is 3. The van der Waals surface area contributed by atoms with Crippen LogP contribution in [0.1, 0.15) is 18.9 Å². The van der Waals surface area contributed by atoms with E-state index in [0.29, 0.717) is 5.69 Å². The first-order valence-electron chi connectivity index (χ1n) is 5.39. The number of amides is 2. The zero-order chi connectivity index (χ0) is 12.8. The summed E-state index contributed by atoms with van der Waals surface area (Å²) in [5.41, 5.74) is 12.1. The highest BCUT2D eigenvalue weighted by Gasteiger charge is 2.10. The second kappa shape index (κ2) is 5.89. The van der Waals surface area contributed by atoms with Crippen molar-refractivity contribution >= 4 is 17.5 Å². The van der Waals surface area contributed by atoms with Crippen molar-refractivity contribution in [2.24, 2.45) is 5.73 Å². The molecule has 5 nitrogen and oxygen atoms in total. The average molecular weight is 235 g/mol. The average Bonchev–Trinajstić information content (AvgIpc) is 2.14. The van der Waals surface area contributed by atoms with Crippen molar-refractivity contribution in [1.29, 1.82) is 0 Å². The summed E-state index contributed by atoms with van der Waals surface area (Å²) < 4.78 is 0. The highest BCUT2D eigenvalue weighted by atomic mass is 16.2. The second-order valence-corrected chi connectivity index (χ2v) is 4.06. The molecule has 1 aromatic rings. The normalized spacial score (nSPS) is 11.8. The van der Waals surface area contributed by atoms with Gasteiger partial charge in [-0.05, 0) is 24.6 Å². The van der Waals surface area contributed by atoms with Crippen LogP contribution in [0.2, 0.25) is 0 Å². The van der Waals surface area contributed by atoms with E-state index in [1.807, 2.05) is 6.07 Å². The Kier molecular flexibility index (Phi) is 4.51. The maximum atomic E-state index is 11.6. The van der Waals surface area contributed by atoms with Gasteiger partial charge in [0, 0.05) is 18.2 Å². The van der Waals surface area contributed by atoms with E-state index >= 15 is 0 Å². The topological polar surface area (TPSA) is 98.2 Å². The number of nitrogens with one attached hydrogen (secondary N) is 1. The van der Waals surface area contributed by atoms with Crippen molar-refractivity contribution in [2.75, 3.05) is 5.73 Å². The number of hydrogen-bond donors (Lipinski definition) is 3. The largest absolute Gasteiger partial charge is 0.399 e. The molecule has 0 fully saturated rings. The fourth-order valence-electron chi connectivity index (χ4n) is 1.57. The molecule has 17 heavy (non-hydrogen) atoms. The van der Waals surface area contributed by atoms with Crippen LogP contribution in [0.25, 0.3) is 0 Å². The maximum Gasteiger partial charge on any atom is 0.224 e.